The molecule has 0 bridgehead atoms. The molecule has 1 aromatic rings. The minimum atomic E-state index is -3.49. The van der Waals surface area contributed by atoms with Crippen molar-refractivity contribution in [3.8, 4) is 0 Å². The first kappa shape index (κ1) is 18.8. The van der Waals surface area contributed by atoms with Gasteiger partial charge in [0, 0.05) is 24.0 Å². The van der Waals surface area contributed by atoms with Crippen LogP contribution in [0.2, 0.25) is 5.02 Å². The second-order valence-electron chi connectivity index (χ2n) is 5.35. The summed E-state index contributed by atoms with van der Waals surface area (Å²) in [7, 11) is -3.49. The molecule has 1 rings (SSSR count). The first-order valence-corrected chi connectivity index (χ1v) is 9.41. The van der Waals surface area contributed by atoms with Crippen molar-refractivity contribution in [1.82, 2.24) is 5.32 Å². The third kappa shape index (κ3) is 5.18. The number of rotatable bonds is 7. The van der Waals surface area contributed by atoms with Gasteiger partial charge in [0.05, 0.1) is 11.9 Å². The number of carbonyl (C=O) groups excluding carboxylic acids is 1. The van der Waals surface area contributed by atoms with Crippen LogP contribution in [0.5, 0.6) is 0 Å². The van der Waals surface area contributed by atoms with Gasteiger partial charge in [-0.25, -0.2) is 8.42 Å². The smallest absolute Gasteiger partial charge is 0.232 e. The second-order valence-corrected chi connectivity index (χ2v) is 7.66. The summed E-state index contributed by atoms with van der Waals surface area (Å²) >= 11 is 6.06. The number of halogens is 1. The monoisotopic (exact) mass is 346 g/mol. The summed E-state index contributed by atoms with van der Waals surface area (Å²) in [6, 6.07) is 5.17. The molecule has 1 aromatic carbocycles. The number of nitrogens with zero attached hydrogens (tertiary/aromatic N) is 1. The molecule has 1 N–H and O–H groups in total. The second kappa shape index (κ2) is 7.83. The van der Waals surface area contributed by atoms with Crippen LogP contribution in [-0.2, 0) is 14.8 Å². The quantitative estimate of drug-likeness (QED) is 0.825. The lowest BCUT2D eigenvalue weighted by Crippen LogP contribution is -2.37. The Balaban J connectivity index is 2.93. The SMILES string of the molecule is CCC(C)NC(=O)CCN(c1cccc(Cl)c1C)S(C)(=O)=O. The Morgan fingerprint density at radius 2 is 2.05 bits per heavy atom. The van der Waals surface area contributed by atoms with Gasteiger partial charge in [-0.3, -0.25) is 9.10 Å². The van der Waals surface area contributed by atoms with Gasteiger partial charge in [0.2, 0.25) is 15.9 Å². The van der Waals surface area contributed by atoms with Crippen molar-refractivity contribution in [2.75, 3.05) is 17.1 Å². The van der Waals surface area contributed by atoms with Crippen LogP contribution >= 0.6 is 11.6 Å². The van der Waals surface area contributed by atoms with Crippen molar-refractivity contribution in [3.05, 3.63) is 28.8 Å². The van der Waals surface area contributed by atoms with Crippen molar-refractivity contribution in [3.63, 3.8) is 0 Å². The third-order valence-electron chi connectivity index (χ3n) is 3.47. The molecule has 0 spiro atoms. The minimum absolute atomic E-state index is 0.0760. The molecule has 0 saturated carbocycles. The van der Waals surface area contributed by atoms with E-state index >= 15 is 0 Å². The molecule has 0 aliphatic rings. The molecule has 1 amide bonds. The van der Waals surface area contributed by atoms with Crippen LogP contribution in [0.3, 0.4) is 0 Å². The van der Waals surface area contributed by atoms with Gasteiger partial charge in [-0.1, -0.05) is 24.6 Å². The molecule has 0 radical (unpaired) electrons. The number of carbonyl (C=O) groups is 1. The number of sulfonamides is 1. The number of nitrogens with one attached hydrogen (secondary N) is 1. The molecule has 5 nitrogen and oxygen atoms in total. The summed E-state index contributed by atoms with van der Waals surface area (Å²) < 4.78 is 25.3. The molecule has 0 fully saturated rings. The number of amides is 1. The largest absolute Gasteiger partial charge is 0.354 e. The maximum atomic E-state index is 12.0. The third-order valence-corrected chi connectivity index (χ3v) is 5.06. The zero-order chi connectivity index (χ0) is 16.9. The van der Waals surface area contributed by atoms with Crippen molar-refractivity contribution >= 4 is 33.2 Å². The summed E-state index contributed by atoms with van der Waals surface area (Å²) in [5, 5.41) is 3.32. The predicted octanol–water partition coefficient (Wildman–Crippen LogP) is 2.72. The van der Waals surface area contributed by atoms with Gasteiger partial charge in [0.15, 0.2) is 0 Å². The minimum Gasteiger partial charge on any atom is -0.354 e. The summed E-state index contributed by atoms with van der Waals surface area (Å²) in [4.78, 5) is 11.9. The molecule has 0 heterocycles. The lowest BCUT2D eigenvalue weighted by Gasteiger charge is -2.24. The highest BCUT2D eigenvalue weighted by Gasteiger charge is 2.21. The summed E-state index contributed by atoms with van der Waals surface area (Å²) in [6.45, 7) is 5.73. The molecule has 22 heavy (non-hydrogen) atoms. The summed E-state index contributed by atoms with van der Waals surface area (Å²) in [6.07, 6.45) is 2.05. The lowest BCUT2D eigenvalue weighted by molar-refractivity contribution is -0.121. The fourth-order valence-electron chi connectivity index (χ4n) is 1.98. The van der Waals surface area contributed by atoms with Crippen molar-refractivity contribution in [2.24, 2.45) is 0 Å². The molecule has 0 aliphatic heterocycles. The normalized spacial score (nSPS) is 12.8. The number of hydrogen-bond acceptors (Lipinski definition) is 3. The van der Waals surface area contributed by atoms with E-state index in [1.165, 1.54) is 4.31 Å². The fraction of sp³-hybridized carbons (Fsp3) is 0.533. The number of benzene rings is 1. The maximum absolute atomic E-state index is 12.0. The highest BCUT2D eigenvalue weighted by molar-refractivity contribution is 7.92. The topological polar surface area (TPSA) is 66.5 Å². The van der Waals surface area contributed by atoms with E-state index in [0.29, 0.717) is 16.3 Å². The van der Waals surface area contributed by atoms with E-state index in [4.69, 9.17) is 11.6 Å². The highest BCUT2D eigenvalue weighted by atomic mass is 35.5. The molecule has 7 heteroatoms. The van der Waals surface area contributed by atoms with Crippen molar-refractivity contribution in [1.29, 1.82) is 0 Å². The standard InChI is InChI=1S/C15H23ClN2O3S/c1-5-11(2)17-15(19)9-10-18(22(4,20)21)14-8-6-7-13(16)12(14)3/h6-8,11H,5,9-10H2,1-4H3,(H,17,19). The molecule has 124 valence electrons. The number of hydrogen-bond donors (Lipinski definition) is 1. The average Bonchev–Trinajstić information content (AvgIpc) is 2.41. The van der Waals surface area contributed by atoms with E-state index in [2.05, 4.69) is 5.32 Å². The molecular formula is C15H23ClN2O3S. The van der Waals surface area contributed by atoms with Gasteiger partial charge in [-0.2, -0.15) is 0 Å². The molecule has 0 saturated heterocycles. The van der Waals surface area contributed by atoms with Gasteiger partial charge in [0.1, 0.15) is 0 Å². The Morgan fingerprint density at radius 1 is 1.41 bits per heavy atom. The van der Waals surface area contributed by atoms with Crippen LogP contribution in [0.25, 0.3) is 0 Å². The van der Waals surface area contributed by atoms with Crippen LogP contribution < -0.4 is 9.62 Å². The van der Waals surface area contributed by atoms with Crippen LogP contribution in [0.4, 0.5) is 5.69 Å². The number of anilines is 1. The van der Waals surface area contributed by atoms with E-state index in [1.807, 2.05) is 13.8 Å². The van der Waals surface area contributed by atoms with Gasteiger partial charge in [-0.05, 0) is 38.0 Å². The van der Waals surface area contributed by atoms with Crippen LogP contribution in [-0.4, -0.2) is 33.2 Å². The lowest BCUT2D eigenvalue weighted by atomic mass is 10.2. The zero-order valence-electron chi connectivity index (χ0n) is 13.4. The van der Waals surface area contributed by atoms with E-state index in [-0.39, 0.29) is 24.9 Å². The molecule has 0 aliphatic carbocycles. The average molecular weight is 347 g/mol. The Kier molecular flexibility index (Phi) is 6.68. The van der Waals surface area contributed by atoms with E-state index in [9.17, 15) is 13.2 Å². The Bertz CT molecular complexity index is 632. The predicted molar refractivity (Wildman–Crippen MR) is 90.9 cm³/mol. The summed E-state index contributed by atoms with van der Waals surface area (Å²) in [5.41, 5.74) is 1.18. The molecule has 1 unspecified atom stereocenters. The maximum Gasteiger partial charge on any atom is 0.232 e. The first-order chi connectivity index (χ1) is 10.2. The van der Waals surface area contributed by atoms with E-state index < -0.39 is 10.0 Å². The highest BCUT2D eigenvalue weighted by Crippen LogP contribution is 2.28. The molecule has 0 aromatic heterocycles. The van der Waals surface area contributed by atoms with Gasteiger partial charge in [0.25, 0.3) is 0 Å². The van der Waals surface area contributed by atoms with E-state index in [0.717, 1.165) is 12.7 Å². The Hall–Kier alpha value is -1.27. The fourth-order valence-corrected chi connectivity index (χ4v) is 3.13. The van der Waals surface area contributed by atoms with Gasteiger partial charge in [-0.15, -0.1) is 0 Å². The molecular weight excluding hydrogens is 324 g/mol. The van der Waals surface area contributed by atoms with Gasteiger partial charge < -0.3 is 5.32 Å². The van der Waals surface area contributed by atoms with Crippen LogP contribution in [0, 0.1) is 6.92 Å². The van der Waals surface area contributed by atoms with Crippen LogP contribution in [0.1, 0.15) is 32.3 Å². The first-order valence-electron chi connectivity index (χ1n) is 7.19. The summed E-state index contributed by atoms with van der Waals surface area (Å²) in [5.74, 6) is -0.164. The van der Waals surface area contributed by atoms with Crippen molar-refractivity contribution in [2.45, 2.75) is 39.7 Å². The molecule has 1 atom stereocenters. The Labute approximate surface area is 137 Å². The Morgan fingerprint density at radius 3 is 2.59 bits per heavy atom. The zero-order valence-corrected chi connectivity index (χ0v) is 15.0. The van der Waals surface area contributed by atoms with E-state index in [1.54, 1.807) is 25.1 Å². The van der Waals surface area contributed by atoms with Crippen molar-refractivity contribution < 1.29 is 13.2 Å². The van der Waals surface area contributed by atoms with Crippen LogP contribution in [0.15, 0.2) is 18.2 Å². The van der Waals surface area contributed by atoms with Gasteiger partial charge >= 0.3 is 0 Å².